The average molecular weight is 557 g/mol. The van der Waals surface area contributed by atoms with E-state index in [0.717, 1.165) is 18.3 Å². The Morgan fingerprint density at radius 2 is 1.90 bits per heavy atom. The van der Waals surface area contributed by atoms with Crippen LogP contribution in [0.3, 0.4) is 0 Å². The van der Waals surface area contributed by atoms with Gasteiger partial charge in [-0.15, -0.1) is 0 Å². The molecule has 40 heavy (non-hydrogen) atoms. The fraction of sp³-hybridized carbons (Fsp3) is 0.333. The van der Waals surface area contributed by atoms with E-state index < -0.39 is 17.6 Å². The number of allylic oxidation sites excluding steroid dienone is 1. The maximum absolute atomic E-state index is 14.6. The van der Waals surface area contributed by atoms with Crippen LogP contribution < -0.4 is 19.7 Å². The summed E-state index contributed by atoms with van der Waals surface area (Å²) in [6.07, 6.45) is -2.74. The number of aromatic nitrogens is 3. The fourth-order valence-corrected chi connectivity index (χ4v) is 4.76. The van der Waals surface area contributed by atoms with Crippen molar-refractivity contribution in [3.8, 4) is 17.7 Å². The molecule has 0 saturated carbocycles. The van der Waals surface area contributed by atoms with Gasteiger partial charge in [-0.1, -0.05) is 6.58 Å². The molecule has 4 heterocycles. The van der Waals surface area contributed by atoms with Crippen LogP contribution in [-0.4, -0.2) is 47.4 Å². The molecule has 2 bridgehead atoms. The van der Waals surface area contributed by atoms with Gasteiger partial charge in [-0.05, 0) is 37.3 Å². The molecular formula is C27H24F4N6O3. The molecule has 2 atom stereocenters. The summed E-state index contributed by atoms with van der Waals surface area (Å²) < 4.78 is 71.4. The van der Waals surface area contributed by atoms with Crippen LogP contribution in [0.1, 0.15) is 18.1 Å². The first-order valence-corrected chi connectivity index (χ1v) is 12.3. The number of pyridine rings is 1. The van der Waals surface area contributed by atoms with Gasteiger partial charge < -0.3 is 24.4 Å². The van der Waals surface area contributed by atoms with Gasteiger partial charge in [-0.2, -0.15) is 23.4 Å². The first-order valence-electron chi connectivity index (χ1n) is 12.3. The van der Waals surface area contributed by atoms with Crippen molar-refractivity contribution in [3.05, 3.63) is 72.1 Å². The molecule has 0 spiro atoms. The third-order valence-electron chi connectivity index (χ3n) is 6.55. The largest absolute Gasteiger partial charge is 0.471 e. The van der Waals surface area contributed by atoms with Crippen LogP contribution >= 0.6 is 0 Å². The van der Waals surface area contributed by atoms with E-state index in [1.807, 2.05) is 11.0 Å². The molecule has 2 saturated heterocycles. The molecule has 1 aromatic carbocycles. The lowest BCUT2D eigenvalue weighted by Gasteiger charge is -2.46. The lowest BCUT2D eigenvalue weighted by Crippen LogP contribution is -2.57. The standard InChI is InChI=1S/C27H24F4N6O3/c1-15(2)39-24-25(36-21-5-3-16(8-32)7-20(21)28)34-14-35-26(24)40-23-17-10-37(11-18(23)13-38-12-17)22-6-4-19(9-33-22)27(29,30)31/h3-7,9,14,17-18,23H,1,10-13H2,2H3,(H,34,35,36). The Kier molecular flexibility index (Phi) is 7.44. The van der Waals surface area contributed by atoms with Crippen LogP contribution in [0.2, 0.25) is 0 Å². The van der Waals surface area contributed by atoms with Gasteiger partial charge in [0.15, 0.2) is 5.82 Å². The lowest BCUT2D eigenvalue weighted by molar-refractivity contribution is -0.137. The number of hydrogen-bond donors (Lipinski definition) is 1. The number of rotatable bonds is 7. The molecule has 2 aromatic heterocycles. The number of hydrogen-bond acceptors (Lipinski definition) is 9. The minimum Gasteiger partial charge on any atom is -0.471 e. The Balaban J connectivity index is 1.38. The fourth-order valence-electron chi connectivity index (χ4n) is 4.76. The molecule has 2 aliphatic rings. The third kappa shape index (κ3) is 5.76. The highest BCUT2D eigenvalue weighted by Gasteiger charge is 2.43. The molecule has 2 fully saturated rings. The summed E-state index contributed by atoms with van der Waals surface area (Å²) in [5.74, 6) is 0.125. The zero-order valence-corrected chi connectivity index (χ0v) is 21.3. The minimum atomic E-state index is -4.46. The minimum absolute atomic E-state index is 0.0674. The Bertz CT molecular complexity index is 1430. The molecule has 0 amide bonds. The van der Waals surface area contributed by atoms with Gasteiger partial charge in [0.05, 0.1) is 41.9 Å². The maximum atomic E-state index is 14.6. The number of benzene rings is 1. The van der Waals surface area contributed by atoms with Gasteiger partial charge in [0.25, 0.3) is 5.88 Å². The number of nitrogens with one attached hydrogen (secondary N) is 1. The van der Waals surface area contributed by atoms with Crippen LogP contribution in [-0.2, 0) is 10.9 Å². The highest BCUT2D eigenvalue weighted by molar-refractivity contribution is 5.66. The van der Waals surface area contributed by atoms with E-state index >= 15 is 0 Å². The van der Waals surface area contributed by atoms with Crippen molar-refractivity contribution >= 4 is 17.3 Å². The summed E-state index contributed by atoms with van der Waals surface area (Å²) in [6, 6.07) is 8.23. The molecule has 0 aliphatic carbocycles. The van der Waals surface area contributed by atoms with Crippen molar-refractivity contribution in [3.63, 3.8) is 0 Å². The van der Waals surface area contributed by atoms with E-state index in [1.54, 1.807) is 6.92 Å². The van der Waals surface area contributed by atoms with Crippen molar-refractivity contribution in [2.75, 3.05) is 36.5 Å². The molecule has 208 valence electrons. The van der Waals surface area contributed by atoms with Gasteiger partial charge in [-0.25, -0.2) is 14.4 Å². The van der Waals surface area contributed by atoms with Gasteiger partial charge >= 0.3 is 6.18 Å². The van der Waals surface area contributed by atoms with E-state index in [9.17, 15) is 17.6 Å². The summed E-state index contributed by atoms with van der Waals surface area (Å²) in [5.41, 5.74) is -0.574. The van der Waals surface area contributed by atoms with Gasteiger partial charge in [-0.3, -0.25) is 0 Å². The third-order valence-corrected chi connectivity index (χ3v) is 6.55. The number of nitriles is 1. The Hall–Kier alpha value is -4.44. The van der Waals surface area contributed by atoms with Crippen LogP contribution in [0.15, 0.2) is 55.2 Å². The number of halogens is 4. The summed E-state index contributed by atoms with van der Waals surface area (Å²) in [7, 11) is 0. The normalized spacial score (nSPS) is 20.4. The SMILES string of the molecule is C=C(C)Oc1c(Nc2ccc(C#N)cc2F)ncnc1OC1C2COCC1CN(c1ccc(C(F)(F)F)cn1)C2. The van der Waals surface area contributed by atoms with Crippen LogP contribution in [0.25, 0.3) is 0 Å². The smallest absolute Gasteiger partial charge is 0.417 e. The van der Waals surface area contributed by atoms with E-state index in [1.165, 1.54) is 24.5 Å². The highest BCUT2D eigenvalue weighted by Crippen LogP contribution is 2.40. The van der Waals surface area contributed by atoms with Crippen LogP contribution in [0.4, 0.5) is 34.9 Å². The van der Waals surface area contributed by atoms with E-state index in [2.05, 4.69) is 26.8 Å². The summed E-state index contributed by atoms with van der Waals surface area (Å²) in [6.45, 7) is 6.99. The highest BCUT2D eigenvalue weighted by atomic mass is 19.4. The van der Waals surface area contributed by atoms with Gasteiger partial charge in [0, 0.05) is 31.1 Å². The summed E-state index contributed by atoms with van der Waals surface area (Å²) in [4.78, 5) is 14.4. The van der Waals surface area contributed by atoms with E-state index in [-0.39, 0.29) is 46.6 Å². The van der Waals surface area contributed by atoms with Gasteiger partial charge in [0.2, 0.25) is 5.75 Å². The van der Waals surface area contributed by atoms with Crippen LogP contribution in [0.5, 0.6) is 11.6 Å². The molecule has 2 aliphatic heterocycles. The molecule has 9 nitrogen and oxygen atoms in total. The predicted octanol–water partition coefficient (Wildman–Crippen LogP) is 5.09. The topological polar surface area (TPSA) is 105 Å². The van der Waals surface area contributed by atoms with Crippen molar-refractivity contribution in [2.24, 2.45) is 11.8 Å². The van der Waals surface area contributed by atoms with Crippen LogP contribution in [0, 0.1) is 29.0 Å². The zero-order valence-electron chi connectivity index (χ0n) is 21.3. The van der Waals surface area contributed by atoms with Crippen molar-refractivity contribution in [1.82, 2.24) is 15.0 Å². The maximum Gasteiger partial charge on any atom is 0.417 e. The summed E-state index contributed by atoms with van der Waals surface area (Å²) in [5, 5.41) is 11.9. The van der Waals surface area contributed by atoms with Crippen molar-refractivity contribution in [1.29, 1.82) is 5.26 Å². The lowest BCUT2D eigenvalue weighted by atomic mass is 9.84. The number of anilines is 3. The average Bonchev–Trinajstić information content (AvgIpc) is 2.90. The molecular weight excluding hydrogens is 532 g/mol. The number of piperidine rings is 1. The number of ether oxygens (including phenoxy) is 3. The molecule has 0 radical (unpaired) electrons. The second-order valence-electron chi connectivity index (χ2n) is 9.54. The number of nitrogens with zero attached hydrogens (tertiary/aromatic N) is 5. The first-order chi connectivity index (χ1) is 19.1. The van der Waals surface area contributed by atoms with E-state index in [4.69, 9.17) is 19.5 Å². The Labute approximate surface area is 227 Å². The zero-order chi connectivity index (χ0) is 28.4. The number of alkyl halides is 3. The van der Waals surface area contributed by atoms with E-state index in [0.29, 0.717) is 37.9 Å². The Morgan fingerprint density at radius 3 is 2.50 bits per heavy atom. The molecule has 5 rings (SSSR count). The van der Waals surface area contributed by atoms with Gasteiger partial charge in [0.1, 0.15) is 24.1 Å². The second-order valence-corrected chi connectivity index (χ2v) is 9.54. The molecule has 1 N–H and O–H groups in total. The first kappa shape index (κ1) is 27.1. The van der Waals surface area contributed by atoms with Crippen molar-refractivity contribution < 1.29 is 31.8 Å². The quantitative estimate of drug-likeness (QED) is 0.315. The second kappa shape index (κ2) is 11.0. The summed E-state index contributed by atoms with van der Waals surface area (Å²) >= 11 is 0. The molecule has 2 unspecified atom stereocenters. The monoisotopic (exact) mass is 556 g/mol. The van der Waals surface area contributed by atoms with Crippen molar-refractivity contribution in [2.45, 2.75) is 19.2 Å². The Morgan fingerprint density at radius 1 is 1.15 bits per heavy atom. The number of fused-ring (bicyclic) bond motifs is 2. The molecule has 13 heteroatoms. The predicted molar refractivity (Wildman–Crippen MR) is 136 cm³/mol. The molecule has 3 aromatic rings.